The van der Waals surface area contributed by atoms with Gasteiger partial charge in [-0.05, 0) is 49.4 Å². The van der Waals surface area contributed by atoms with Crippen molar-refractivity contribution in [3.63, 3.8) is 0 Å². The highest BCUT2D eigenvalue weighted by atomic mass is 127. The van der Waals surface area contributed by atoms with Gasteiger partial charge in [0, 0.05) is 0 Å². The molecule has 3 N–H and O–H groups in total. The number of rotatable bonds is 8. The molecule has 0 aliphatic heterocycles. The van der Waals surface area contributed by atoms with Crippen LogP contribution in [0.4, 0.5) is 0 Å². The molecular formula is C17H26INO3. The van der Waals surface area contributed by atoms with E-state index in [0.29, 0.717) is 18.9 Å². The second-order valence-corrected chi connectivity index (χ2v) is 6.79. The fraction of sp³-hybridized carbons (Fsp3) is 0.647. The van der Waals surface area contributed by atoms with Crippen molar-refractivity contribution >= 4 is 23.0 Å². The summed E-state index contributed by atoms with van der Waals surface area (Å²) >= 11 is 1.80. The van der Waals surface area contributed by atoms with E-state index in [9.17, 15) is 5.11 Å². The molecule has 0 bridgehead atoms. The van der Waals surface area contributed by atoms with Gasteiger partial charge in [0.25, 0.3) is 0 Å². The Morgan fingerprint density at radius 3 is 2.73 bits per heavy atom. The summed E-state index contributed by atoms with van der Waals surface area (Å²) in [6, 6.07) is 7.67. The van der Waals surface area contributed by atoms with Crippen LogP contribution in [-0.2, 0) is 8.67 Å². The minimum atomic E-state index is -1.06. The van der Waals surface area contributed by atoms with E-state index in [1.54, 1.807) is 23.0 Å². The molecule has 1 aliphatic carbocycles. The molecule has 1 atom stereocenters. The number of ether oxygens (including phenoxy) is 1. The summed E-state index contributed by atoms with van der Waals surface area (Å²) in [7, 11) is 0. The Hall–Kier alpha value is -0.370. The van der Waals surface area contributed by atoms with Gasteiger partial charge in [0.05, 0.1) is 13.2 Å². The van der Waals surface area contributed by atoms with Crippen LogP contribution in [0, 0.1) is 5.92 Å². The summed E-state index contributed by atoms with van der Waals surface area (Å²) in [5.74, 6) is 1.48. The molecule has 1 unspecified atom stereocenters. The van der Waals surface area contributed by atoms with Gasteiger partial charge in [-0.15, -0.1) is 0 Å². The Morgan fingerprint density at radius 1 is 1.27 bits per heavy atom. The first-order valence-corrected chi connectivity index (χ1v) is 8.95. The zero-order valence-electron chi connectivity index (χ0n) is 13.0. The Labute approximate surface area is 147 Å². The summed E-state index contributed by atoms with van der Waals surface area (Å²) in [5, 5.41) is 10.8. The van der Waals surface area contributed by atoms with E-state index in [0.717, 1.165) is 17.9 Å². The number of hydrogen-bond acceptors (Lipinski definition) is 4. The smallest absolute Gasteiger partial charge is 0.119 e. The maximum absolute atomic E-state index is 10.8. The quantitative estimate of drug-likeness (QED) is 0.633. The van der Waals surface area contributed by atoms with E-state index in [2.05, 4.69) is 0 Å². The average Bonchev–Trinajstić information content (AvgIpc) is 2.55. The second-order valence-electron chi connectivity index (χ2n) is 6.17. The Morgan fingerprint density at radius 2 is 2.05 bits per heavy atom. The van der Waals surface area contributed by atoms with Gasteiger partial charge < -0.3 is 18.6 Å². The van der Waals surface area contributed by atoms with Crippen LogP contribution in [-0.4, -0.2) is 24.9 Å². The summed E-state index contributed by atoms with van der Waals surface area (Å²) in [6.07, 6.45) is 6.98. The topological polar surface area (TPSA) is 64.7 Å². The predicted octanol–water partition coefficient (Wildman–Crippen LogP) is 3.55. The fourth-order valence-corrected chi connectivity index (χ4v) is 3.59. The Balaban J connectivity index is 2.01. The lowest BCUT2D eigenvalue weighted by molar-refractivity contribution is -0.00253. The van der Waals surface area contributed by atoms with Crippen LogP contribution in [0.1, 0.15) is 44.1 Å². The van der Waals surface area contributed by atoms with Gasteiger partial charge >= 0.3 is 0 Å². The van der Waals surface area contributed by atoms with Crippen molar-refractivity contribution in [1.29, 1.82) is 0 Å². The summed E-state index contributed by atoms with van der Waals surface area (Å²) in [5.41, 5.74) is 5.37. The molecule has 0 spiro atoms. The standard InChI is InChI=1S/C17H26INO3/c18-22-13-17(20,9-10-19)15-7-4-8-16(11-15)21-12-14-5-2-1-3-6-14/h4,7-8,11,14,20H,1-3,5-6,9-10,12-13,19H2. The third-order valence-electron chi connectivity index (χ3n) is 4.43. The SMILES string of the molecule is NCCC(O)(COI)c1cccc(OCC2CCCCC2)c1. The van der Waals surface area contributed by atoms with E-state index in [1.807, 2.05) is 24.3 Å². The molecule has 0 saturated heterocycles. The van der Waals surface area contributed by atoms with E-state index in [4.69, 9.17) is 13.5 Å². The molecule has 124 valence electrons. The van der Waals surface area contributed by atoms with Gasteiger partial charge in [0.1, 0.15) is 34.4 Å². The largest absolute Gasteiger partial charge is 0.493 e. The first-order valence-electron chi connectivity index (χ1n) is 8.07. The molecule has 22 heavy (non-hydrogen) atoms. The van der Waals surface area contributed by atoms with Crippen molar-refractivity contribution in [2.45, 2.75) is 44.1 Å². The Bertz CT molecular complexity index is 443. The lowest BCUT2D eigenvalue weighted by Gasteiger charge is -2.27. The van der Waals surface area contributed by atoms with Gasteiger partial charge in [-0.2, -0.15) is 0 Å². The van der Waals surface area contributed by atoms with Gasteiger partial charge in [-0.3, -0.25) is 0 Å². The molecule has 5 heteroatoms. The van der Waals surface area contributed by atoms with Crippen molar-refractivity contribution < 1.29 is 12.9 Å². The summed E-state index contributed by atoms with van der Waals surface area (Å²) in [6.45, 7) is 1.39. The predicted molar refractivity (Wildman–Crippen MR) is 96.1 cm³/mol. The van der Waals surface area contributed by atoms with Gasteiger partial charge in [-0.1, -0.05) is 31.4 Å². The van der Waals surface area contributed by atoms with Crippen LogP contribution >= 0.6 is 23.0 Å². The second kappa shape index (κ2) is 9.05. The van der Waals surface area contributed by atoms with Gasteiger partial charge in [0.2, 0.25) is 0 Å². The molecule has 0 radical (unpaired) electrons. The van der Waals surface area contributed by atoms with Crippen molar-refractivity contribution in [2.24, 2.45) is 11.7 Å². The highest BCUT2D eigenvalue weighted by Gasteiger charge is 2.29. The minimum absolute atomic E-state index is 0.219. The maximum Gasteiger partial charge on any atom is 0.119 e. The van der Waals surface area contributed by atoms with Crippen LogP contribution in [0.5, 0.6) is 5.75 Å². The number of halogens is 1. The first-order chi connectivity index (χ1) is 10.7. The molecule has 1 aromatic carbocycles. The zero-order chi connectivity index (χ0) is 15.8. The monoisotopic (exact) mass is 419 g/mol. The number of nitrogens with two attached hydrogens (primary N) is 1. The third-order valence-corrected chi connectivity index (χ3v) is 4.74. The van der Waals surface area contributed by atoms with E-state index in [1.165, 1.54) is 32.1 Å². The molecule has 1 fully saturated rings. The van der Waals surface area contributed by atoms with Gasteiger partial charge in [-0.25, -0.2) is 0 Å². The van der Waals surface area contributed by atoms with Crippen LogP contribution in [0.25, 0.3) is 0 Å². The average molecular weight is 419 g/mol. The molecule has 1 saturated carbocycles. The lowest BCUT2D eigenvalue weighted by Crippen LogP contribution is -2.33. The van der Waals surface area contributed by atoms with E-state index in [-0.39, 0.29) is 6.61 Å². The number of benzene rings is 1. The van der Waals surface area contributed by atoms with E-state index >= 15 is 0 Å². The molecule has 1 aromatic rings. The normalized spacial score (nSPS) is 18.9. The van der Waals surface area contributed by atoms with Crippen molar-refractivity contribution in [3.8, 4) is 5.75 Å². The molecule has 0 amide bonds. The fourth-order valence-electron chi connectivity index (χ4n) is 3.07. The lowest BCUT2D eigenvalue weighted by atomic mass is 9.90. The third kappa shape index (κ3) is 5.08. The van der Waals surface area contributed by atoms with Crippen molar-refractivity contribution in [2.75, 3.05) is 19.8 Å². The van der Waals surface area contributed by atoms with Crippen molar-refractivity contribution in [3.05, 3.63) is 29.8 Å². The molecular weight excluding hydrogens is 393 g/mol. The molecule has 0 aromatic heterocycles. The van der Waals surface area contributed by atoms with Crippen LogP contribution in [0.2, 0.25) is 0 Å². The molecule has 4 nitrogen and oxygen atoms in total. The van der Waals surface area contributed by atoms with Gasteiger partial charge in [0.15, 0.2) is 0 Å². The molecule has 2 rings (SSSR count). The summed E-state index contributed by atoms with van der Waals surface area (Å²) < 4.78 is 11.1. The molecule has 0 heterocycles. The van der Waals surface area contributed by atoms with E-state index < -0.39 is 5.60 Å². The van der Waals surface area contributed by atoms with Crippen LogP contribution in [0.15, 0.2) is 24.3 Å². The molecule has 1 aliphatic rings. The van der Waals surface area contributed by atoms with Crippen molar-refractivity contribution in [1.82, 2.24) is 0 Å². The Kier molecular flexibility index (Phi) is 7.40. The minimum Gasteiger partial charge on any atom is -0.493 e. The van der Waals surface area contributed by atoms with Crippen LogP contribution < -0.4 is 10.5 Å². The summed E-state index contributed by atoms with van der Waals surface area (Å²) in [4.78, 5) is 0. The zero-order valence-corrected chi connectivity index (χ0v) is 15.1. The highest BCUT2D eigenvalue weighted by molar-refractivity contribution is 14.1. The highest BCUT2D eigenvalue weighted by Crippen LogP contribution is 2.30. The maximum atomic E-state index is 10.8. The first kappa shape index (κ1) is 18.0. The number of hydrogen-bond donors (Lipinski definition) is 2. The van der Waals surface area contributed by atoms with Crippen LogP contribution in [0.3, 0.4) is 0 Å². The number of aliphatic hydroxyl groups is 1.